The Morgan fingerprint density at radius 3 is 2.56 bits per heavy atom. The van der Waals surface area contributed by atoms with Gasteiger partial charge in [0.25, 0.3) is 0 Å². The van der Waals surface area contributed by atoms with Gasteiger partial charge in [0, 0.05) is 0 Å². The van der Waals surface area contributed by atoms with Gasteiger partial charge in [-0.3, -0.25) is 0 Å². The topological polar surface area (TPSA) is 0 Å². The van der Waals surface area contributed by atoms with Crippen LogP contribution in [0.3, 0.4) is 0 Å². The zero-order valence-electron chi connectivity index (χ0n) is 4.92. The van der Waals surface area contributed by atoms with Crippen molar-refractivity contribution >= 4 is 44.0 Å². The molecular formula is C5H8AsClS2. The molecule has 0 bridgehead atoms. The van der Waals surface area contributed by atoms with E-state index < -0.39 is 12.3 Å². The molecule has 0 aromatic heterocycles. The molecule has 0 N–H and O–H groups in total. The first kappa shape index (κ1) is 8.39. The second-order valence-corrected chi connectivity index (χ2v) is 13.5. The van der Waals surface area contributed by atoms with Crippen LogP contribution in [-0.4, -0.2) is 23.8 Å². The third kappa shape index (κ3) is 3.27. The molecular weight excluding hydrogens is 235 g/mol. The Labute approximate surface area is 72.0 Å². The van der Waals surface area contributed by atoms with Crippen molar-refractivity contribution in [2.75, 3.05) is 11.5 Å². The SMILES string of the molecule is Cl/C=C/[As]1SCCCS1. The maximum atomic E-state index is 5.46. The summed E-state index contributed by atoms with van der Waals surface area (Å²) in [4.78, 5) is 2.20. The van der Waals surface area contributed by atoms with Gasteiger partial charge in [-0.05, 0) is 0 Å². The number of hydrogen-bond acceptors (Lipinski definition) is 2. The quantitative estimate of drug-likeness (QED) is 0.649. The van der Waals surface area contributed by atoms with Crippen LogP contribution in [0, 0.1) is 0 Å². The van der Waals surface area contributed by atoms with Crippen molar-refractivity contribution in [3.8, 4) is 0 Å². The monoisotopic (exact) mass is 242 g/mol. The molecule has 0 nitrogen and oxygen atoms in total. The molecule has 0 aromatic rings. The fraction of sp³-hybridized carbons (Fsp3) is 0.600. The average Bonchev–Trinajstić information content (AvgIpc) is 1.91. The van der Waals surface area contributed by atoms with E-state index >= 15 is 0 Å². The van der Waals surface area contributed by atoms with Gasteiger partial charge in [0.2, 0.25) is 0 Å². The van der Waals surface area contributed by atoms with Gasteiger partial charge in [-0.2, -0.15) is 0 Å². The summed E-state index contributed by atoms with van der Waals surface area (Å²) in [6.45, 7) is 0. The molecule has 0 aromatic carbocycles. The first-order chi connectivity index (χ1) is 4.43. The molecule has 52 valence electrons. The Bertz CT molecular complexity index is 101. The van der Waals surface area contributed by atoms with Gasteiger partial charge >= 0.3 is 72.3 Å². The normalized spacial score (nSPS) is 23.2. The van der Waals surface area contributed by atoms with Crippen molar-refractivity contribution in [2.45, 2.75) is 6.42 Å². The fourth-order valence-corrected chi connectivity index (χ4v) is 12.9. The van der Waals surface area contributed by atoms with Crippen molar-refractivity contribution in [1.82, 2.24) is 0 Å². The molecule has 9 heavy (non-hydrogen) atoms. The van der Waals surface area contributed by atoms with E-state index in [0.29, 0.717) is 0 Å². The molecule has 0 atom stereocenters. The third-order valence-corrected chi connectivity index (χ3v) is 13.7. The molecule has 0 amide bonds. The fourth-order valence-electron chi connectivity index (χ4n) is 0.537. The first-order valence-electron chi connectivity index (χ1n) is 2.75. The van der Waals surface area contributed by atoms with Gasteiger partial charge in [-0.15, -0.1) is 0 Å². The molecule has 1 rings (SSSR count). The molecule has 0 unspecified atom stereocenters. The van der Waals surface area contributed by atoms with Crippen LogP contribution in [0.2, 0.25) is 0 Å². The van der Waals surface area contributed by atoms with Crippen molar-refractivity contribution in [1.29, 1.82) is 0 Å². The maximum absolute atomic E-state index is 5.46. The van der Waals surface area contributed by atoms with E-state index in [2.05, 4.69) is 24.9 Å². The van der Waals surface area contributed by atoms with Crippen LogP contribution in [0.25, 0.3) is 0 Å². The summed E-state index contributed by atoms with van der Waals surface area (Å²) in [7, 11) is 4.25. The standard InChI is InChI=1S/C5H8AsClS2/c7-3-2-6-8-4-1-5-9-6/h2-3H,1,4-5H2/b3-2+. The number of hydrogen-bond donors (Lipinski definition) is 0. The summed E-state index contributed by atoms with van der Waals surface area (Å²) in [6, 6.07) is 0. The molecule has 0 radical (unpaired) electrons. The predicted molar refractivity (Wildman–Crippen MR) is 50.3 cm³/mol. The van der Waals surface area contributed by atoms with Gasteiger partial charge in [0.15, 0.2) is 0 Å². The molecule has 1 saturated heterocycles. The molecule has 0 spiro atoms. The summed E-state index contributed by atoms with van der Waals surface area (Å²) in [5.74, 6) is 2.71. The van der Waals surface area contributed by atoms with Crippen LogP contribution in [0.4, 0.5) is 0 Å². The predicted octanol–water partition coefficient (Wildman–Crippen LogP) is 2.64. The van der Waals surface area contributed by atoms with Crippen molar-refractivity contribution in [3.05, 3.63) is 10.4 Å². The van der Waals surface area contributed by atoms with E-state index in [4.69, 9.17) is 11.6 Å². The van der Waals surface area contributed by atoms with E-state index in [1.165, 1.54) is 17.9 Å². The van der Waals surface area contributed by atoms with Crippen LogP contribution in [0.15, 0.2) is 10.4 Å². The summed E-state index contributed by atoms with van der Waals surface area (Å²) in [6.07, 6.45) is 1.39. The molecule has 0 aliphatic carbocycles. The third-order valence-electron chi connectivity index (χ3n) is 0.904. The summed E-state index contributed by atoms with van der Waals surface area (Å²) in [5, 5.41) is 0. The Morgan fingerprint density at radius 1 is 1.33 bits per heavy atom. The second-order valence-electron chi connectivity index (χ2n) is 1.58. The van der Waals surface area contributed by atoms with Crippen molar-refractivity contribution in [2.24, 2.45) is 0 Å². The van der Waals surface area contributed by atoms with Crippen LogP contribution < -0.4 is 0 Å². The Balaban J connectivity index is 2.23. The van der Waals surface area contributed by atoms with E-state index in [1.807, 2.05) is 0 Å². The van der Waals surface area contributed by atoms with E-state index in [1.54, 1.807) is 5.54 Å². The molecule has 1 aliphatic rings. The van der Waals surface area contributed by atoms with Gasteiger partial charge in [-0.1, -0.05) is 0 Å². The summed E-state index contributed by atoms with van der Waals surface area (Å²) in [5.41, 5.74) is 1.69. The number of halogens is 1. The van der Waals surface area contributed by atoms with Crippen molar-refractivity contribution in [3.63, 3.8) is 0 Å². The van der Waals surface area contributed by atoms with Gasteiger partial charge in [-0.25, -0.2) is 0 Å². The van der Waals surface area contributed by atoms with Crippen LogP contribution in [0.1, 0.15) is 6.42 Å². The Hall–Kier alpha value is 1.29. The summed E-state index contributed by atoms with van der Waals surface area (Å²) >= 11 is 4.80. The molecule has 1 fully saturated rings. The molecule has 1 aliphatic heterocycles. The van der Waals surface area contributed by atoms with E-state index in [-0.39, 0.29) is 0 Å². The molecule has 0 saturated carbocycles. The van der Waals surface area contributed by atoms with E-state index in [9.17, 15) is 0 Å². The van der Waals surface area contributed by atoms with Gasteiger partial charge in [0.1, 0.15) is 0 Å². The van der Waals surface area contributed by atoms with Crippen LogP contribution >= 0.6 is 31.6 Å². The van der Waals surface area contributed by atoms with Gasteiger partial charge < -0.3 is 0 Å². The Morgan fingerprint density at radius 2 is 2.00 bits per heavy atom. The minimum atomic E-state index is -0.667. The zero-order chi connectivity index (χ0) is 6.53. The average molecular weight is 243 g/mol. The minimum absolute atomic E-state index is 0.667. The first-order valence-corrected chi connectivity index (χ1v) is 10.8. The number of rotatable bonds is 1. The van der Waals surface area contributed by atoms with Crippen LogP contribution in [0.5, 0.6) is 0 Å². The Kier molecular flexibility index (Phi) is 4.67. The van der Waals surface area contributed by atoms with Crippen LogP contribution in [-0.2, 0) is 0 Å². The molecule has 4 heteroatoms. The van der Waals surface area contributed by atoms with Crippen molar-refractivity contribution < 1.29 is 0 Å². The molecule has 1 heterocycles. The summed E-state index contributed by atoms with van der Waals surface area (Å²) < 4.78 is 0. The van der Waals surface area contributed by atoms with E-state index in [0.717, 1.165) is 0 Å². The van der Waals surface area contributed by atoms with Gasteiger partial charge in [0.05, 0.1) is 0 Å². The second kappa shape index (κ2) is 5.01. The zero-order valence-corrected chi connectivity index (χ0v) is 9.18.